The number of hydrogen-bond acceptors (Lipinski definition) is 3. The molecule has 7 heteroatoms. The van der Waals surface area contributed by atoms with Gasteiger partial charge in [-0.2, -0.15) is 4.31 Å². The van der Waals surface area contributed by atoms with E-state index in [1.165, 1.54) is 12.1 Å². The summed E-state index contributed by atoms with van der Waals surface area (Å²) < 4.78 is 39.6. The van der Waals surface area contributed by atoms with Crippen LogP contribution < -0.4 is 0 Å². The minimum Gasteiger partial charge on any atom is -0.481 e. The van der Waals surface area contributed by atoms with Gasteiger partial charge in [-0.3, -0.25) is 4.79 Å². The molecule has 0 saturated carbocycles. The zero-order chi connectivity index (χ0) is 14.9. The number of sulfonamides is 1. The number of aryl methyl sites for hydroxylation is 1. The smallest absolute Gasteiger partial charge is 0.306 e. The zero-order valence-corrected chi connectivity index (χ0v) is 11.9. The highest BCUT2D eigenvalue weighted by atomic mass is 32.2. The second-order valence-corrected chi connectivity index (χ2v) is 6.86. The second kappa shape index (κ2) is 5.49. The quantitative estimate of drug-likeness (QED) is 0.920. The summed E-state index contributed by atoms with van der Waals surface area (Å²) in [6.07, 6.45) is 0.504. The number of aliphatic carboxylic acids is 1. The first-order valence-corrected chi connectivity index (χ1v) is 7.75. The molecule has 1 aliphatic rings. The third kappa shape index (κ3) is 2.83. The van der Waals surface area contributed by atoms with Crippen LogP contribution in [-0.4, -0.2) is 36.9 Å². The lowest BCUT2D eigenvalue weighted by Crippen LogP contribution is -2.40. The summed E-state index contributed by atoms with van der Waals surface area (Å²) in [6, 6.07) is 3.97. The number of benzene rings is 1. The first-order valence-electron chi connectivity index (χ1n) is 6.31. The maximum Gasteiger partial charge on any atom is 0.306 e. The summed E-state index contributed by atoms with van der Waals surface area (Å²) in [4.78, 5) is 10.5. The van der Waals surface area contributed by atoms with Crippen LogP contribution in [0, 0.1) is 18.7 Å². The highest BCUT2D eigenvalue weighted by Crippen LogP contribution is 2.25. The Balaban J connectivity index is 2.22. The largest absolute Gasteiger partial charge is 0.481 e. The minimum absolute atomic E-state index is 0.104. The molecule has 2 rings (SSSR count). The van der Waals surface area contributed by atoms with Crippen LogP contribution in [-0.2, 0) is 14.8 Å². The van der Waals surface area contributed by atoms with Crippen molar-refractivity contribution in [2.45, 2.75) is 24.7 Å². The van der Waals surface area contributed by atoms with Gasteiger partial charge in [-0.15, -0.1) is 0 Å². The molecular weight excluding hydrogens is 285 g/mol. The molecule has 0 radical (unpaired) electrons. The van der Waals surface area contributed by atoms with Gasteiger partial charge < -0.3 is 5.11 Å². The Morgan fingerprint density at radius 3 is 2.45 bits per heavy atom. The molecule has 1 N–H and O–H groups in total. The Bertz CT molecular complexity index is 621. The Kier molecular flexibility index (Phi) is 4.10. The van der Waals surface area contributed by atoms with Gasteiger partial charge in [0.25, 0.3) is 0 Å². The maximum absolute atomic E-state index is 13.8. The third-order valence-corrected chi connectivity index (χ3v) is 5.44. The predicted octanol–water partition coefficient (Wildman–Crippen LogP) is 1.62. The van der Waals surface area contributed by atoms with Gasteiger partial charge in [0.15, 0.2) is 0 Å². The third-order valence-electron chi connectivity index (χ3n) is 3.51. The van der Waals surface area contributed by atoms with Crippen LogP contribution in [0.15, 0.2) is 23.1 Å². The van der Waals surface area contributed by atoms with Crippen LogP contribution in [0.2, 0.25) is 0 Å². The zero-order valence-electron chi connectivity index (χ0n) is 11.0. The Labute approximate surface area is 117 Å². The van der Waals surface area contributed by atoms with E-state index in [0.717, 1.165) is 4.31 Å². The molecule has 1 fully saturated rings. The molecule has 1 aromatic rings. The minimum atomic E-state index is -3.89. The lowest BCUT2D eigenvalue weighted by molar-refractivity contribution is -0.142. The van der Waals surface area contributed by atoms with Crippen LogP contribution in [0.5, 0.6) is 0 Å². The molecule has 20 heavy (non-hydrogen) atoms. The van der Waals surface area contributed by atoms with Crippen LogP contribution >= 0.6 is 0 Å². The van der Waals surface area contributed by atoms with Gasteiger partial charge in [-0.1, -0.05) is 6.07 Å². The molecule has 110 valence electrons. The van der Waals surface area contributed by atoms with E-state index in [1.54, 1.807) is 13.0 Å². The van der Waals surface area contributed by atoms with Crippen molar-refractivity contribution < 1.29 is 22.7 Å². The highest BCUT2D eigenvalue weighted by Gasteiger charge is 2.33. The van der Waals surface area contributed by atoms with Crippen molar-refractivity contribution in [3.8, 4) is 0 Å². The van der Waals surface area contributed by atoms with Crippen molar-refractivity contribution in [2.75, 3.05) is 13.1 Å². The predicted molar refractivity (Wildman–Crippen MR) is 70.3 cm³/mol. The van der Waals surface area contributed by atoms with Gasteiger partial charge in [-0.05, 0) is 37.5 Å². The second-order valence-electron chi connectivity index (χ2n) is 4.95. The standard InChI is InChI=1S/C13H16FNO4S/c1-9-2-3-12(11(14)8-9)20(18,19)15-6-4-10(5-7-15)13(16)17/h2-3,8,10H,4-7H2,1H3,(H,16,17). The average Bonchev–Trinajstić information content (AvgIpc) is 2.38. The number of piperidine rings is 1. The van der Waals surface area contributed by atoms with E-state index in [2.05, 4.69) is 0 Å². The molecule has 0 aliphatic carbocycles. The fourth-order valence-electron chi connectivity index (χ4n) is 2.30. The summed E-state index contributed by atoms with van der Waals surface area (Å²) in [5, 5.41) is 8.89. The van der Waals surface area contributed by atoms with E-state index in [4.69, 9.17) is 5.11 Å². The van der Waals surface area contributed by atoms with Crippen LogP contribution in [0.4, 0.5) is 4.39 Å². The first-order chi connectivity index (χ1) is 9.32. The van der Waals surface area contributed by atoms with E-state index in [9.17, 15) is 17.6 Å². The molecule has 0 aromatic heterocycles. The van der Waals surface area contributed by atoms with Crippen molar-refractivity contribution in [1.82, 2.24) is 4.31 Å². The number of hydrogen-bond donors (Lipinski definition) is 1. The Morgan fingerprint density at radius 1 is 1.35 bits per heavy atom. The molecule has 5 nitrogen and oxygen atoms in total. The molecule has 1 heterocycles. The number of carboxylic acids is 1. The average molecular weight is 301 g/mol. The van der Waals surface area contributed by atoms with Gasteiger partial charge in [-0.25, -0.2) is 12.8 Å². The fraction of sp³-hybridized carbons (Fsp3) is 0.462. The maximum atomic E-state index is 13.8. The van der Waals surface area contributed by atoms with Crippen molar-refractivity contribution in [3.63, 3.8) is 0 Å². The summed E-state index contributed by atoms with van der Waals surface area (Å²) in [6.45, 7) is 1.89. The van der Waals surface area contributed by atoms with E-state index in [1.807, 2.05) is 0 Å². The molecule has 0 amide bonds. The number of nitrogens with zero attached hydrogens (tertiary/aromatic N) is 1. The van der Waals surface area contributed by atoms with Crippen LogP contribution in [0.3, 0.4) is 0 Å². The molecule has 1 saturated heterocycles. The molecule has 0 unspecified atom stereocenters. The highest BCUT2D eigenvalue weighted by molar-refractivity contribution is 7.89. The topological polar surface area (TPSA) is 74.7 Å². The van der Waals surface area contributed by atoms with Gasteiger partial charge >= 0.3 is 5.97 Å². The Hall–Kier alpha value is -1.47. The normalized spacial score (nSPS) is 18.1. The van der Waals surface area contributed by atoms with Crippen LogP contribution in [0.25, 0.3) is 0 Å². The SMILES string of the molecule is Cc1ccc(S(=O)(=O)N2CCC(C(=O)O)CC2)c(F)c1. The van der Waals surface area contributed by atoms with Crippen molar-refractivity contribution >= 4 is 16.0 Å². The molecule has 0 spiro atoms. The molecular formula is C13H16FNO4S. The van der Waals surface area contributed by atoms with Crippen LogP contribution in [0.1, 0.15) is 18.4 Å². The summed E-state index contributed by atoms with van der Waals surface area (Å²) in [5.41, 5.74) is 0.644. The van der Waals surface area contributed by atoms with Crippen molar-refractivity contribution in [1.29, 1.82) is 0 Å². The lowest BCUT2D eigenvalue weighted by Gasteiger charge is -2.29. The molecule has 0 atom stereocenters. The van der Waals surface area contributed by atoms with E-state index < -0.39 is 27.7 Å². The number of carbonyl (C=O) groups is 1. The lowest BCUT2D eigenvalue weighted by atomic mass is 9.99. The number of halogens is 1. The molecule has 1 aromatic carbocycles. The number of carboxylic acid groups (broad SMARTS) is 1. The summed E-state index contributed by atoms with van der Waals surface area (Å²) >= 11 is 0. The first kappa shape index (κ1) is 14.9. The number of rotatable bonds is 3. The van der Waals surface area contributed by atoms with E-state index in [-0.39, 0.29) is 30.8 Å². The van der Waals surface area contributed by atoms with Gasteiger partial charge in [0.1, 0.15) is 10.7 Å². The van der Waals surface area contributed by atoms with Crippen molar-refractivity contribution in [2.24, 2.45) is 5.92 Å². The Morgan fingerprint density at radius 2 is 1.95 bits per heavy atom. The summed E-state index contributed by atoms with van der Waals surface area (Å²) in [5.74, 6) is -2.21. The monoisotopic (exact) mass is 301 g/mol. The molecule has 1 aliphatic heterocycles. The van der Waals surface area contributed by atoms with Gasteiger partial charge in [0.2, 0.25) is 10.0 Å². The van der Waals surface area contributed by atoms with Gasteiger partial charge in [0.05, 0.1) is 5.92 Å². The van der Waals surface area contributed by atoms with Crippen molar-refractivity contribution in [3.05, 3.63) is 29.6 Å². The van der Waals surface area contributed by atoms with E-state index >= 15 is 0 Å². The van der Waals surface area contributed by atoms with E-state index in [0.29, 0.717) is 5.56 Å². The fourth-order valence-corrected chi connectivity index (χ4v) is 3.81. The summed E-state index contributed by atoms with van der Waals surface area (Å²) in [7, 11) is -3.89. The van der Waals surface area contributed by atoms with Gasteiger partial charge in [0, 0.05) is 13.1 Å². The molecule has 0 bridgehead atoms.